The van der Waals surface area contributed by atoms with Crippen molar-refractivity contribution in [2.45, 2.75) is 32.1 Å². The van der Waals surface area contributed by atoms with Gasteiger partial charge in [-0.25, -0.2) is 0 Å². The average molecular weight is 293 g/mol. The molecule has 0 amide bonds. The normalized spacial score (nSPS) is 18.2. The predicted octanol–water partition coefficient (Wildman–Crippen LogP) is 4.74. The van der Waals surface area contributed by atoms with Crippen LogP contribution in [-0.4, -0.2) is 24.5 Å². The van der Waals surface area contributed by atoms with E-state index in [0.717, 1.165) is 5.92 Å². The number of hydrogen-bond donors (Lipinski definition) is 0. The maximum Gasteiger partial charge on any atom is 0.00476 e. The van der Waals surface area contributed by atoms with Gasteiger partial charge >= 0.3 is 0 Å². The van der Waals surface area contributed by atoms with Crippen molar-refractivity contribution in [3.8, 4) is 0 Å². The van der Waals surface area contributed by atoms with E-state index in [1.165, 1.54) is 50.0 Å². The summed E-state index contributed by atoms with van der Waals surface area (Å²) in [6, 6.07) is 21.9. The Hall–Kier alpha value is -1.60. The van der Waals surface area contributed by atoms with Crippen LogP contribution < -0.4 is 0 Å². The highest BCUT2D eigenvalue weighted by Crippen LogP contribution is 2.24. The minimum absolute atomic E-state index is 0.631. The first kappa shape index (κ1) is 15.3. The third-order valence-corrected chi connectivity index (χ3v) is 4.98. The van der Waals surface area contributed by atoms with E-state index in [9.17, 15) is 0 Å². The molecule has 3 rings (SSSR count). The van der Waals surface area contributed by atoms with Crippen LogP contribution in [0.25, 0.3) is 0 Å². The molecule has 0 spiro atoms. The standard InChI is InChI=1S/C21H27N/c1-18(21-10-6-3-7-11-21)17-22-14-12-20(13-15-22)16-19-8-4-2-5-9-19/h2-11,18,20H,12-17H2,1H3. The second-order valence-corrected chi connectivity index (χ2v) is 6.75. The quantitative estimate of drug-likeness (QED) is 0.769. The summed E-state index contributed by atoms with van der Waals surface area (Å²) in [5.74, 6) is 1.50. The number of likely N-dealkylation sites (tertiary alicyclic amines) is 1. The van der Waals surface area contributed by atoms with Crippen molar-refractivity contribution in [3.05, 3.63) is 71.8 Å². The Bertz CT molecular complexity index is 541. The van der Waals surface area contributed by atoms with Crippen LogP contribution in [0.15, 0.2) is 60.7 Å². The van der Waals surface area contributed by atoms with Crippen molar-refractivity contribution < 1.29 is 0 Å². The van der Waals surface area contributed by atoms with Crippen LogP contribution >= 0.6 is 0 Å². The second kappa shape index (κ2) is 7.60. The van der Waals surface area contributed by atoms with Crippen molar-refractivity contribution in [2.24, 2.45) is 5.92 Å². The van der Waals surface area contributed by atoms with Gasteiger partial charge in [0, 0.05) is 6.54 Å². The monoisotopic (exact) mass is 293 g/mol. The van der Waals surface area contributed by atoms with Gasteiger partial charge in [-0.2, -0.15) is 0 Å². The van der Waals surface area contributed by atoms with Crippen LogP contribution in [0.1, 0.15) is 36.8 Å². The molecule has 0 bridgehead atoms. The molecule has 0 N–H and O–H groups in total. The molecule has 1 aliphatic heterocycles. The van der Waals surface area contributed by atoms with E-state index in [1.807, 2.05) is 0 Å². The molecule has 1 aliphatic rings. The molecule has 0 saturated carbocycles. The van der Waals surface area contributed by atoms with Gasteiger partial charge < -0.3 is 4.90 Å². The summed E-state index contributed by atoms with van der Waals surface area (Å²) >= 11 is 0. The molecule has 2 aromatic rings. The molecular formula is C21H27N. The van der Waals surface area contributed by atoms with E-state index in [0.29, 0.717) is 5.92 Å². The van der Waals surface area contributed by atoms with E-state index in [-0.39, 0.29) is 0 Å². The number of hydrogen-bond acceptors (Lipinski definition) is 1. The highest BCUT2D eigenvalue weighted by Gasteiger charge is 2.21. The lowest BCUT2D eigenvalue weighted by molar-refractivity contribution is 0.177. The molecule has 1 saturated heterocycles. The first-order valence-electron chi connectivity index (χ1n) is 8.62. The zero-order valence-corrected chi connectivity index (χ0v) is 13.6. The molecule has 1 heteroatoms. The molecule has 1 atom stereocenters. The summed E-state index contributed by atoms with van der Waals surface area (Å²) in [4.78, 5) is 2.65. The van der Waals surface area contributed by atoms with Gasteiger partial charge in [0.25, 0.3) is 0 Å². The van der Waals surface area contributed by atoms with Gasteiger partial charge in [0.15, 0.2) is 0 Å². The fraction of sp³-hybridized carbons (Fsp3) is 0.429. The first-order valence-corrected chi connectivity index (χ1v) is 8.62. The molecule has 1 fully saturated rings. The smallest absolute Gasteiger partial charge is 0.00476 e. The van der Waals surface area contributed by atoms with Crippen molar-refractivity contribution in [3.63, 3.8) is 0 Å². The molecular weight excluding hydrogens is 266 g/mol. The van der Waals surface area contributed by atoms with E-state index < -0.39 is 0 Å². The van der Waals surface area contributed by atoms with Crippen LogP contribution in [-0.2, 0) is 6.42 Å². The largest absolute Gasteiger partial charge is 0.303 e. The maximum atomic E-state index is 2.65. The number of rotatable bonds is 5. The average Bonchev–Trinajstić information content (AvgIpc) is 2.58. The Kier molecular flexibility index (Phi) is 5.29. The number of piperidine rings is 1. The Morgan fingerprint density at radius 3 is 2.14 bits per heavy atom. The number of benzene rings is 2. The first-order chi connectivity index (χ1) is 10.8. The summed E-state index contributed by atoms with van der Waals surface area (Å²) in [6.45, 7) is 6.07. The Morgan fingerprint density at radius 2 is 1.50 bits per heavy atom. The lowest BCUT2D eigenvalue weighted by Gasteiger charge is -2.33. The van der Waals surface area contributed by atoms with Crippen LogP contribution in [0.5, 0.6) is 0 Å². The van der Waals surface area contributed by atoms with Crippen LogP contribution in [0, 0.1) is 5.92 Å². The molecule has 0 aliphatic carbocycles. The van der Waals surface area contributed by atoms with Crippen LogP contribution in [0.4, 0.5) is 0 Å². The van der Waals surface area contributed by atoms with Gasteiger partial charge in [-0.3, -0.25) is 0 Å². The lowest BCUT2D eigenvalue weighted by Crippen LogP contribution is -2.36. The Balaban J connectivity index is 1.46. The summed E-state index contributed by atoms with van der Waals surface area (Å²) in [5.41, 5.74) is 2.97. The summed E-state index contributed by atoms with van der Waals surface area (Å²) in [6.07, 6.45) is 3.94. The molecule has 116 valence electrons. The van der Waals surface area contributed by atoms with Gasteiger partial charge in [0.2, 0.25) is 0 Å². The van der Waals surface area contributed by atoms with Gasteiger partial charge in [0.1, 0.15) is 0 Å². The molecule has 1 nitrogen and oxygen atoms in total. The summed E-state index contributed by atoms with van der Waals surface area (Å²) in [5, 5.41) is 0. The van der Waals surface area contributed by atoms with Gasteiger partial charge in [0.05, 0.1) is 0 Å². The van der Waals surface area contributed by atoms with Crippen molar-refractivity contribution in [1.29, 1.82) is 0 Å². The molecule has 1 unspecified atom stereocenters. The van der Waals surface area contributed by atoms with E-state index >= 15 is 0 Å². The summed E-state index contributed by atoms with van der Waals surface area (Å²) in [7, 11) is 0. The zero-order valence-electron chi connectivity index (χ0n) is 13.6. The SMILES string of the molecule is CC(CN1CCC(Cc2ccccc2)CC1)c1ccccc1. The van der Waals surface area contributed by atoms with E-state index in [4.69, 9.17) is 0 Å². The highest BCUT2D eigenvalue weighted by molar-refractivity contribution is 5.19. The Labute approximate surface area is 135 Å². The van der Waals surface area contributed by atoms with Crippen LogP contribution in [0.3, 0.4) is 0 Å². The molecule has 0 radical (unpaired) electrons. The molecule has 1 heterocycles. The number of nitrogens with zero attached hydrogens (tertiary/aromatic N) is 1. The zero-order chi connectivity index (χ0) is 15.2. The minimum Gasteiger partial charge on any atom is -0.303 e. The van der Waals surface area contributed by atoms with E-state index in [1.54, 1.807) is 0 Å². The van der Waals surface area contributed by atoms with Gasteiger partial charge in [-0.1, -0.05) is 67.6 Å². The molecule has 0 aromatic heterocycles. The topological polar surface area (TPSA) is 3.24 Å². The highest BCUT2D eigenvalue weighted by atomic mass is 15.1. The maximum absolute atomic E-state index is 2.65. The summed E-state index contributed by atoms with van der Waals surface area (Å²) < 4.78 is 0. The lowest BCUT2D eigenvalue weighted by atomic mass is 9.89. The third-order valence-electron chi connectivity index (χ3n) is 4.98. The molecule has 2 aromatic carbocycles. The van der Waals surface area contributed by atoms with Crippen molar-refractivity contribution in [1.82, 2.24) is 4.90 Å². The molecule has 22 heavy (non-hydrogen) atoms. The van der Waals surface area contributed by atoms with E-state index in [2.05, 4.69) is 72.5 Å². The third kappa shape index (κ3) is 4.20. The van der Waals surface area contributed by atoms with Crippen molar-refractivity contribution in [2.75, 3.05) is 19.6 Å². The fourth-order valence-electron chi connectivity index (χ4n) is 3.59. The minimum atomic E-state index is 0.631. The van der Waals surface area contributed by atoms with Gasteiger partial charge in [-0.05, 0) is 55.3 Å². The van der Waals surface area contributed by atoms with Crippen molar-refractivity contribution >= 4 is 0 Å². The fourth-order valence-corrected chi connectivity index (χ4v) is 3.59. The van der Waals surface area contributed by atoms with Gasteiger partial charge in [-0.15, -0.1) is 0 Å². The Morgan fingerprint density at radius 1 is 0.909 bits per heavy atom. The predicted molar refractivity (Wildman–Crippen MR) is 94.2 cm³/mol. The second-order valence-electron chi connectivity index (χ2n) is 6.75. The van der Waals surface area contributed by atoms with Crippen LogP contribution in [0.2, 0.25) is 0 Å².